The molecule has 2 aliphatic heterocycles. The first-order chi connectivity index (χ1) is 15.4. The average molecular weight is 455 g/mol. The number of hydrogen-bond donors (Lipinski definition) is 0. The lowest BCUT2D eigenvalue weighted by Crippen LogP contribution is -2.43. The number of aryl methyl sites for hydroxylation is 1. The van der Waals surface area contributed by atoms with Gasteiger partial charge in [-0.2, -0.15) is 4.37 Å². The van der Waals surface area contributed by atoms with Crippen molar-refractivity contribution in [1.29, 1.82) is 0 Å². The summed E-state index contributed by atoms with van der Waals surface area (Å²) in [6.07, 6.45) is 2.28. The van der Waals surface area contributed by atoms with Gasteiger partial charge in [0.25, 0.3) is 5.91 Å². The molecule has 0 spiro atoms. The van der Waals surface area contributed by atoms with Crippen molar-refractivity contribution in [2.24, 2.45) is 0 Å². The molecule has 1 atom stereocenters. The van der Waals surface area contributed by atoms with E-state index in [0.717, 1.165) is 18.5 Å². The molecule has 0 saturated carbocycles. The number of hydrogen-bond acceptors (Lipinski definition) is 6. The SMILES string of the molecule is Cc1nsc(-c2nc(N3CCCCC3=O)c3n2CCN(C(=O)c2ccc(F)cc2)[C@H]3C)n1. The van der Waals surface area contributed by atoms with Crippen LogP contribution in [0.2, 0.25) is 0 Å². The van der Waals surface area contributed by atoms with Crippen molar-refractivity contribution in [2.45, 2.75) is 45.7 Å². The van der Waals surface area contributed by atoms with Gasteiger partial charge in [0.2, 0.25) is 5.91 Å². The van der Waals surface area contributed by atoms with Crippen LogP contribution < -0.4 is 4.90 Å². The molecule has 10 heteroatoms. The average Bonchev–Trinajstić information content (AvgIpc) is 3.38. The van der Waals surface area contributed by atoms with Crippen LogP contribution in [0.4, 0.5) is 10.2 Å². The van der Waals surface area contributed by atoms with Gasteiger partial charge in [-0.05, 0) is 62.5 Å². The van der Waals surface area contributed by atoms with Crippen LogP contribution in [0.5, 0.6) is 0 Å². The molecule has 2 aromatic heterocycles. The van der Waals surface area contributed by atoms with Crippen LogP contribution in [0.25, 0.3) is 10.8 Å². The van der Waals surface area contributed by atoms with E-state index in [1.807, 2.05) is 13.8 Å². The van der Waals surface area contributed by atoms with Crippen molar-refractivity contribution in [1.82, 2.24) is 23.8 Å². The van der Waals surface area contributed by atoms with E-state index in [4.69, 9.17) is 4.98 Å². The molecule has 0 bridgehead atoms. The summed E-state index contributed by atoms with van der Waals surface area (Å²) in [5.74, 6) is 1.45. The van der Waals surface area contributed by atoms with Crippen molar-refractivity contribution in [2.75, 3.05) is 18.0 Å². The number of carbonyl (C=O) groups excluding carboxylic acids is 2. The fourth-order valence-electron chi connectivity index (χ4n) is 4.46. The summed E-state index contributed by atoms with van der Waals surface area (Å²) in [6, 6.07) is 5.27. The van der Waals surface area contributed by atoms with Crippen LogP contribution in [0.1, 0.15) is 54.1 Å². The molecule has 4 heterocycles. The highest BCUT2D eigenvalue weighted by Gasteiger charge is 2.37. The maximum atomic E-state index is 13.3. The Balaban J connectivity index is 1.58. The molecule has 0 radical (unpaired) electrons. The first-order valence-electron chi connectivity index (χ1n) is 10.7. The van der Waals surface area contributed by atoms with Gasteiger partial charge in [-0.3, -0.25) is 14.5 Å². The third kappa shape index (κ3) is 3.48. The summed E-state index contributed by atoms with van der Waals surface area (Å²) in [5.41, 5.74) is 1.26. The fourth-order valence-corrected chi connectivity index (χ4v) is 5.13. The Bertz CT molecular complexity index is 1190. The van der Waals surface area contributed by atoms with Gasteiger partial charge < -0.3 is 9.47 Å². The van der Waals surface area contributed by atoms with E-state index in [-0.39, 0.29) is 23.7 Å². The molecule has 1 aromatic carbocycles. The lowest BCUT2D eigenvalue weighted by atomic mass is 10.1. The number of piperidine rings is 1. The summed E-state index contributed by atoms with van der Waals surface area (Å²) in [5, 5.41) is 0.699. The minimum Gasteiger partial charge on any atom is -0.328 e. The van der Waals surface area contributed by atoms with E-state index in [0.29, 0.717) is 54.1 Å². The number of amides is 2. The van der Waals surface area contributed by atoms with Gasteiger partial charge in [0.15, 0.2) is 16.6 Å². The monoisotopic (exact) mass is 454 g/mol. The molecular weight excluding hydrogens is 431 g/mol. The summed E-state index contributed by atoms with van der Waals surface area (Å²) in [6.45, 7) is 5.38. The molecule has 8 nitrogen and oxygen atoms in total. The summed E-state index contributed by atoms with van der Waals surface area (Å²) >= 11 is 1.28. The highest BCUT2D eigenvalue weighted by Crippen LogP contribution is 2.39. The van der Waals surface area contributed by atoms with E-state index in [1.165, 1.54) is 35.8 Å². The smallest absolute Gasteiger partial charge is 0.254 e. The molecule has 0 N–H and O–H groups in total. The van der Waals surface area contributed by atoms with Gasteiger partial charge in [0, 0.05) is 31.6 Å². The van der Waals surface area contributed by atoms with Crippen LogP contribution in [-0.2, 0) is 11.3 Å². The van der Waals surface area contributed by atoms with E-state index in [1.54, 1.807) is 9.80 Å². The number of carbonyl (C=O) groups is 2. The fraction of sp³-hybridized carbons (Fsp3) is 0.409. The predicted octanol–water partition coefficient (Wildman–Crippen LogP) is 3.58. The van der Waals surface area contributed by atoms with E-state index in [2.05, 4.69) is 13.9 Å². The number of rotatable bonds is 3. The van der Waals surface area contributed by atoms with E-state index < -0.39 is 0 Å². The number of aromatic nitrogens is 4. The molecule has 3 aromatic rings. The molecule has 5 rings (SSSR count). The summed E-state index contributed by atoms with van der Waals surface area (Å²) < 4.78 is 19.7. The van der Waals surface area contributed by atoms with Crippen LogP contribution >= 0.6 is 11.5 Å². The van der Waals surface area contributed by atoms with Gasteiger partial charge in [0.1, 0.15) is 11.6 Å². The lowest BCUT2D eigenvalue weighted by Gasteiger charge is -2.37. The maximum absolute atomic E-state index is 13.3. The molecule has 2 amide bonds. The standard InChI is InChI=1S/C22H23FN6O2S/c1-13-18-19(28-10-4-3-5-17(28)30)25-20(21-24-14(2)26-32-21)29(18)12-11-27(13)22(31)15-6-8-16(23)9-7-15/h6-9,13H,3-5,10-12H2,1-2H3/t13-/m0/s1. The van der Waals surface area contributed by atoms with Crippen molar-refractivity contribution >= 4 is 29.2 Å². The molecular formula is C22H23FN6O2S. The third-order valence-corrected chi connectivity index (χ3v) is 6.87. The first-order valence-corrected chi connectivity index (χ1v) is 11.5. The molecule has 0 unspecified atom stereocenters. The Kier molecular flexibility index (Phi) is 5.24. The van der Waals surface area contributed by atoms with E-state index in [9.17, 15) is 14.0 Å². The number of halogens is 1. The van der Waals surface area contributed by atoms with Gasteiger partial charge in [-0.1, -0.05) is 0 Å². The van der Waals surface area contributed by atoms with Gasteiger partial charge in [0.05, 0.1) is 11.7 Å². The largest absolute Gasteiger partial charge is 0.328 e. The summed E-state index contributed by atoms with van der Waals surface area (Å²) in [4.78, 5) is 38.9. The van der Waals surface area contributed by atoms with Crippen LogP contribution in [-0.4, -0.2) is 48.7 Å². The lowest BCUT2D eigenvalue weighted by molar-refractivity contribution is -0.119. The van der Waals surface area contributed by atoms with Crippen LogP contribution in [0.3, 0.4) is 0 Å². The third-order valence-electron chi connectivity index (χ3n) is 6.07. The Morgan fingerprint density at radius 1 is 1.12 bits per heavy atom. The Morgan fingerprint density at radius 3 is 2.59 bits per heavy atom. The van der Waals surface area contributed by atoms with Gasteiger partial charge in [-0.25, -0.2) is 14.4 Å². The second kappa shape index (κ2) is 8.09. The Labute approximate surface area is 188 Å². The van der Waals surface area contributed by atoms with Crippen molar-refractivity contribution in [3.05, 3.63) is 47.2 Å². The zero-order chi connectivity index (χ0) is 22.4. The van der Waals surface area contributed by atoms with Crippen molar-refractivity contribution in [3.8, 4) is 10.8 Å². The first kappa shape index (κ1) is 20.7. The molecule has 0 aliphatic carbocycles. The minimum absolute atomic E-state index is 0.0475. The molecule has 2 aliphatic rings. The topological polar surface area (TPSA) is 84.2 Å². The van der Waals surface area contributed by atoms with Crippen molar-refractivity contribution < 1.29 is 14.0 Å². The highest BCUT2D eigenvalue weighted by atomic mass is 32.1. The van der Waals surface area contributed by atoms with Crippen LogP contribution in [0.15, 0.2) is 24.3 Å². The highest BCUT2D eigenvalue weighted by molar-refractivity contribution is 7.09. The number of imidazole rings is 1. The number of fused-ring (bicyclic) bond motifs is 1. The van der Waals surface area contributed by atoms with Crippen LogP contribution in [0, 0.1) is 12.7 Å². The maximum Gasteiger partial charge on any atom is 0.254 e. The quantitative estimate of drug-likeness (QED) is 0.604. The molecule has 1 fully saturated rings. The molecule has 166 valence electrons. The zero-order valence-corrected chi connectivity index (χ0v) is 18.7. The van der Waals surface area contributed by atoms with Gasteiger partial charge in [-0.15, -0.1) is 0 Å². The number of nitrogens with zero attached hydrogens (tertiary/aromatic N) is 6. The number of anilines is 1. The second-order valence-electron chi connectivity index (χ2n) is 8.13. The summed E-state index contributed by atoms with van der Waals surface area (Å²) in [7, 11) is 0. The Morgan fingerprint density at radius 2 is 1.91 bits per heavy atom. The zero-order valence-electron chi connectivity index (χ0n) is 17.9. The molecule has 32 heavy (non-hydrogen) atoms. The van der Waals surface area contributed by atoms with Crippen molar-refractivity contribution in [3.63, 3.8) is 0 Å². The molecule has 1 saturated heterocycles. The normalized spacial score (nSPS) is 18.7. The van der Waals surface area contributed by atoms with E-state index >= 15 is 0 Å². The number of benzene rings is 1. The van der Waals surface area contributed by atoms with Gasteiger partial charge >= 0.3 is 0 Å². The Hall–Kier alpha value is -3.14. The second-order valence-corrected chi connectivity index (χ2v) is 8.88. The minimum atomic E-state index is -0.380. The predicted molar refractivity (Wildman–Crippen MR) is 118 cm³/mol.